The molecule has 2 aromatic rings. The van der Waals surface area contributed by atoms with E-state index in [9.17, 15) is 14.4 Å². The smallest absolute Gasteiger partial charge is 0.407 e. The van der Waals surface area contributed by atoms with E-state index in [2.05, 4.69) is 5.32 Å². The number of hydrogen-bond donors (Lipinski definition) is 2. The fourth-order valence-corrected chi connectivity index (χ4v) is 5.70. The zero-order chi connectivity index (χ0) is 26.3. The van der Waals surface area contributed by atoms with Crippen LogP contribution in [0.15, 0.2) is 40.6 Å². The van der Waals surface area contributed by atoms with Crippen molar-refractivity contribution in [2.75, 3.05) is 6.54 Å². The van der Waals surface area contributed by atoms with E-state index in [4.69, 9.17) is 22.1 Å². The largest absolute Gasteiger partial charge is 0.481 e. The van der Waals surface area contributed by atoms with Gasteiger partial charge in [0, 0.05) is 24.4 Å². The maximum Gasteiger partial charge on any atom is 0.407 e. The van der Waals surface area contributed by atoms with Crippen molar-refractivity contribution in [2.24, 2.45) is 0 Å². The molecule has 0 aliphatic carbocycles. The molecule has 1 fully saturated rings. The van der Waals surface area contributed by atoms with Gasteiger partial charge in [0.05, 0.1) is 4.91 Å². The summed E-state index contributed by atoms with van der Waals surface area (Å²) in [6.45, 7) is 6.33. The molecule has 2 N–H and O–H groups in total. The molecule has 2 amide bonds. The topological polar surface area (TPSA) is 95.9 Å². The molecule has 1 aromatic heterocycles. The van der Waals surface area contributed by atoms with Gasteiger partial charge in [0.25, 0.3) is 5.91 Å². The van der Waals surface area contributed by atoms with Gasteiger partial charge in [-0.2, -0.15) is 0 Å². The molecule has 0 bridgehead atoms. The normalized spacial score (nSPS) is 15.0. The molecule has 1 saturated heterocycles. The van der Waals surface area contributed by atoms with Crippen molar-refractivity contribution in [3.8, 4) is 11.1 Å². The summed E-state index contributed by atoms with van der Waals surface area (Å²) in [6.07, 6.45) is 3.60. The van der Waals surface area contributed by atoms with Gasteiger partial charge in [-0.3, -0.25) is 14.5 Å². The van der Waals surface area contributed by atoms with Crippen LogP contribution in [0, 0.1) is 0 Å². The number of unbranched alkanes of at least 4 members (excludes halogenated alkanes) is 2. The number of rotatable bonds is 10. The predicted molar refractivity (Wildman–Crippen MR) is 149 cm³/mol. The number of nitrogens with zero attached hydrogens (tertiary/aromatic N) is 1. The number of amides is 2. The molecule has 192 valence electrons. The third-order valence-corrected chi connectivity index (χ3v) is 7.39. The van der Waals surface area contributed by atoms with Gasteiger partial charge >= 0.3 is 12.1 Å². The van der Waals surface area contributed by atoms with E-state index in [0.717, 1.165) is 34.4 Å². The van der Waals surface area contributed by atoms with Gasteiger partial charge < -0.3 is 15.2 Å². The Bertz CT molecular complexity index is 1170. The summed E-state index contributed by atoms with van der Waals surface area (Å²) < 4.78 is 5.82. The number of nitrogens with one attached hydrogen (secondary N) is 1. The van der Waals surface area contributed by atoms with E-state index in [-0.39, 0.29) is 12.3 Å². The number of ether oxygens (including phenoxy) is 1. The number of thiophene rings is 1. The Morgan fingerprint density at radius 1 is 1.17 bits per heavy atom. The molecule has 1 aromatic carbocycles. The number of hydrogen-bond acceptors (Lipinski definition) is 7. The number of thioether (sulfide) groups is 1. The molecular formula is C26H30N2O5S3. The third kappa shape index (κ3) is 8.46. The summed E-state index contributed by atoms with van der Waals surface area (Å²) >= 11 is 8.24. The number of alkyl carbamates (subject to hydrolysis) is 1. The minimum absolute atomic E-state index is 0.103. The lowest BCUT2D eigenvalue weighted by Crippen LogP contribution is -2.32. The van der Waals surface area contributed by atoms with Crippen LogP contribution in [0.1, 0.15) is 56.9 Å². The highest BCUT2D eigenvalue weighted by Gasteiger charge is 2.31. The highest BCUT2D eigenvalue weighted by atomic mass is 32.2. The average Bonchev–Trinajstić information content (AvgIpc) is 3.36. The summed E-state index contributed by atoms with van der Waals surface area (Å²) in [6, 6.07) is 9.95. The van der Waals surface area contributed by atoms with Crippen LogP contribution < -0.4 is 5.32 Å². The first-order valence-corrected chi connectivity index (χ1v) is 13.7. The van der Waals surface area contributed by atoms with Crippen molar-refractivity contribution in [3.63, 3.8) is 0 Å². The van der Waals surface area contributed by atoms with Crippen molar-refractivity contribution in [1.29, 1.82) is 0 Å². The van der Waals surface area contributed by atoms with Crippen molar-refractivity contribution in [1.82, 2.24) is 10.2 Å². The van der Waals surface area contributed by atoms with Gasteiger partial charge in [0.2, 0.25) is 0 Å². The third-order valence-electron chi connectivity index (χ3n) is 5.14. The van der Waals surface area contributed by atoms with Crippen LogP contribution in [0.25, 0.3) is 17.2 Å². The van der Waals surface area contributed by atoms with Crippen molar-refractivity contribution < 1.29 is 24.2 Å². The number of carboxylic acid groups (broad SMARTS) is 1. The van der Waals surface area contributed by atoms with Gasteiger partial charge in [-0.25, -0.2) is 4.79 Å². The monoisotopic (exact) mass is 546 g/mol. The summed E-state index contributed by atoms with van der Waals surface area (Å²) in [7, 11) is 0. The van der Waals surface area contributed by atoms with E-state index < -0.39 is 17.7 Å². The summed E-state index contributed by atoms with van der Waals surface area (Å²) in [5.41, 5.74) is 2.45. The Kier molecular flexibility index (Phi) is 9.69. The predicted octanol–water partition coefficient (Wildman–Crippen LogP) is 6.29. The number of carbonyl (C=O) groups excluding carboxylic acids is 2. The Balaban J connectivity index is 1.60. The lowest BCUT2D eigenvalue weighted by molar-refractivity contribution is -0.137. The van der Waals surface area contributed by atoms with E-state index in [1.54, 1.807) is 16.2 Å². The summed E-state index contributed by atoms with van der Waals surface area (Å²) in [5, 5.41) is 13.5. The maximum atomic E-state index is 12.8. The lowest BCUT2D eigenvalue weighted by Gasteiger charge is -2.19. The zero-order valence-corrected chi connectivity index (χ0v) is 23.0. The maximum absolute atomic E-state index is 12.8. The van der Waals surface area contributed by atoms with Gasteiger partial charge in [-0.05, 0) is 73.9 Å². The molecule has 0 unspecified atom stereocenters. The van der Waals surface area contributed by atoms with Gasteiger partial charge in [0.1, 0.15) is 9.92 Å². The van der Waals surface area contributed by atoms with Crippen molar-refractivity contribution >= 4 is 63.7 Å². The number of carbonyl (C=O) groups is 3. The molecule has 1 aliphatic rings. The fraction of sp³-hybridized carbons (Fsp3) is 0.385. The molecule has 0 spiro atoms. The molecule has 2 heterocycles. The summed E-state index contributed by atoms with van der Waals surface area (Å²) in [5.74, 6) is -0.906. The van der Waals surface area contributed by atoms with Gasteiger partial charge in [-0.1, -0.05) is 48.6 Å². The summed E-state index contributed by atoms with van der Waals surface area (Å²) in [4.78, 5) is 38.5. The van der Waals surface area contributed by atoms with Crippen LogP contribution in [-0.4, -0.2) is 44.4 Å². The minimum Gasteiger partial charge on any atom is -0.481 e. The van der Waals surface area contributed by atoms with Crippen LogP contribution in [0.4, 0.5) is 4.79 Å². The molecule has 7 nitrogen and oxygen atoms in total. The highest BCUT2D eigenvalue weighted by Crippen LogP contribution is 2.35. The average molecular weight is 547 g/mol. The quantitative estimate of drug-likeness (QED) is 0.205. The van der Waals surface area contributed by atoms with Crippen LogP contribution in [0.3, 0.4) is 0 Å². The second-order valence-electron chi connectivity index (χ2n) is 9.33. The number of benzene rings is 1. The molecule has 0 atom stereocenters. The second kappa shape index (κ2) is 12.5. The molecule has 1 aliphatic heterocycles. The first kappa shape index (κ1) is 27.9. The Hall–Kier alpha value is -2.69. The molecule has 0 saturated carbocycles. The number of aliphatic carboxylic acids is 1. The standard InChI is InChI=1S/C26H30N2O5S3/c1-26(2,3)33-24(32)27-15-17-8-7-9-18(12-17)19-13-20(35-16-19)14-21-23(31)28(25(34)36-21)11-6-4-5-10-22(29)30/h7-9,12-14,16H,4-6,10-11,15H2,1-3H3,(H,27,32)(H,29,30). The zero-order valence-electron chi connectivity index (χ0n) is 20.5. The Morgan fingerprint density at radius 3 is 2.67 bits per heavy atom. The molecular weight excluding hydrogens is 516 g/mol. The van der Waals surface area contributed by atoms with E-state index in [1.165, 1.54) is 11.8 Å². The van der Waals surface area contributed by atoms with Crippen LogP contribution >= 0.6 is 35.3 Å². The van der Waals surface area contributed by atoms with E-state index in [1.807, 2.05) is 62.6 Å². The lowest BCUT2D eigenvalue weighted by atomic mass is 10.1. The van der Waals surface area contributed by atoms with Crippen LogP contribution in [-0.2, 0) is 20.9 Å². The number of thiocarbonyl (C=S) groups is 1. The number of carboxylic acids is 1. The van der Waals surface area contributed by atoms with Crippen molar-refractivity contribution in [2.45, 2.75) is 58.6 Å². The van der Waals surface area contributed by atoms with E-state index in [0.29, 0.717) is 28.7 Å². The molecule has 0 radical (unpaired) electrons. The van der Waals surface area contributed by atoms with E-state index >= 15 is 0 Å². The van der Waals surface area contributed by atoms with Crippen molar-refractivity contribution in [3.05, 3.63) is 51.1 Å². The Labute approximate surface area is 224 Å². The first-order chi connectivity index (χ1) is 17.0. The second-order valence-corrected chi connectivity index (χ2v) is 11.9. The highest BCUT2D eigenvalue weighted by molar-refractivity contribution is 8.26. The SMILES string of the molecule is CC(C)(C)OC(=O)NCc1cccc(-c2csc(C=C3SC(=S)N(CCCCCC(=O)O)C3=O)c2)c1. The minimum atomic E-state index is -0.803. The van der Waals surface area contributed by atoms with Gasteiger partial charge in [0.15, 0.2) is 0 Å². The Morgan fingerprint density at radius 2 is 1.94 bits per heavy atom. The first-order valence-electron chi connectivity index (χ1n) is 11.6. The fourth-order valence-electron chi connectivity index (χ4n) is 3.47. The van der Waals surface area contributed by atoms with Crippen LogP contribution in [0.5, 0.6) is 0 Å². The molecule has 36 heavy (non-hydrogen) atoms. The molecule has 3 rings (SSSR count). The molecule has 10 heteroatoms. The van der Waals surface area contributed by atoms with Crippen LogP contribution in [0.2, 0.25) is 0 Å². The van der Waals surface area contributed by atoms with Gasteiger partial charge in [-0.15, -0.1) is 11.3 Å².